The Hall–Kier alpha value is -2.16. The first-order valence-electron chi connectivity index (χ1n) is 8.65. The molecule has 2 aromatic heterocycles. The van der Waals surface area contributed by atoms with E-state index in [1.807, 2.05) is 10.9 Å². The van der Waals surface area contributed by atoms with Crippen LogP contribution in [0.15, 0.2) is 12.5 Å². The van der Waals surface area contributed by atoms with E-state index in [2.05, 4.69) is 26.0 Å². The molecule has 0 bridgehead atoms. The van der Waals surface area contributed by atoms with Crippen LogP contribution < -0.4 is 4.90 Å². The number of piperidine rings is 1. The van der Waals surface area contributed by atoms with Crippen LogP contribution in [0.3, 0.4) is 0 Å². The first kappa shape index (κ1) is 14.4. The number of hydrogen-bond acceptors (Lipinski definition) is 5. The van der Waals surface area contributed by atoms with E-state index < -0.39 is 0 Å². The Balaban J connectivity index is 1.61. The molecule has 0 amide bonds. The SMILES string of the molecule is N#CCCn1ncc2c(N3CC[C@H]4CCCC[C@H]4C3)ncnc21. The van der Waals surface area contributed by atoms with Crippen molar-refractivity contribution >= 4 is 16.9 Å². The summed E-state index contributed by atoms with van der Waals surface area (Å²) in [5.41, 5.74) is 0.844. The van der Waals surface area contributed by atoms with Crippen molar-refractivity contribution in [3.8, 4) is 6.07 Å². The van der Waals surface area contributed by atoms with Gasteiger partial charge in [-0.15, -0.1) is 0 Å². The summed E-state index contributed by atoms with van der Waals surface area (Å²) in [5.74, 6) is 2.74. The number of hydrogen-bond donors (Lipinski definition) is 0. The molecule has 0 radical (unpaired) electrons. The third-order valence-corrected chi connectivity index (χ3v) is 5.44. The van der Waals surface area contributed by atoms with Crippen molar-refractivity contribution in [3.63, 3.8) is 0 Å². The fraction of sp³-hybridized carbons (Fsp3) is 0.647. The summed E-state index contributed by atoms with van der Waals surface area (Å²) in [7, 11) is 0. The third kappa shape index (κ3) is 2.65. The van der Waals surface area contributed by atoms with Crippen LogP contribution in [0, 0.1) is 23.2 Å². The molecule has 3 heterocycles. The smallest absolute Gasteiger partial charge is 0.163 e. The number of aromatic nitrogens is 4. The largest absolute Gasteiger partial charge is 0.356 e. The minimum Gasteiger partial charge on any atom is -0.356 e. The molecule has 0 unspecified atom stereocenters. The van der Waals surface area contributed by atoms with E-state index in [1.54, 1.807) is 6.33 Å². The molecule has 1 aliphatic heterocycles. The van der Waals surface area contributed by atoms with Gasteiger partial charge in [-0.3, -0.25) is 0 Å². The number of rotatable bonds is 3. The van der Waals surface area contributed by atoms with Crippen molar-refractivity contribution < 1.29 is 0 Å². The van der Waals surface area contributed by atoms with E-state index in [0.717, 1.165) is 41.8 Å². The van der Waals surface area contributed by atoms with Gasteiger partial charge in [0.15, 0.2) is 5.65 Å². The van der Waals surface area contributed by atoms with Crippen molar-refractivity contribution in [1.82, 2.24) is 19.7 Å². The lowest BCUT2D eigenvalue weighted by Crippen LogP contribution is -2.42. The zero-order chi connectivity index (χ0) is 15.6. The second kappa shape index (κ2) is 6.15. The highest BCUT2D eigenvalue weighted by atomic mass is 15.3. The summed E-state index contributed by atoms with van der Waals surface area (Å²) < 4.78 is 1.82. The number of aryl methyl sites for hydroxylation is 1. The molecule has 6 nitrogen and oxygen atoms in total. The first-order valence-corrected chi connectivity index (χ1v) is 8.65. The van der Waals surface area contributed by atoms with Crippen LogP contribution in [-0.2, 0) is 6.54 Å². The van der Waals surface area contributed by atoms with Gasteiger partial charge in [0.1, 0.15) is 12.1 Å². The van der Waals surface area contributed by atoms with Crippen LogP contribution in [0.25, 0.3) is 11.0 Å². The second-order valence-electron chi connectivity index (χ2n) is 6.75. The average molecular weight is 310 g/mol. The highest BCUT2D eigenvalue weighted by Gasteiger charge is 2.32. The standard InChI is InChI=1S/C17H22N6/c18-7-3-8-23-17-15(10-21-23)16(19-12-20-17)22-9-6-13-4-1-2-5-14(13)11-22/h10,12-14H,1-6,8-9,11H2/t13-,14+/m1/s1. The van der Waals surface area contributed by atoms with Crippen LogP contribution in [0.2, 0.25) is 0 Å². The maximum atomic E-state index is 8.77. The van der Waals surface area contributed by atoms with Gasteiger partial charge in [0, 0.05) is 13.1 Å². The van der Waals surface area contributed by atoms with Gasteiger partial charge < -0.3 is 4.90 Å². The molecule has 1 saturated heterocycles. The third-order valence-electron chi connectivity index (χ3n) is 5.44. The average Bonchev–Trinajstić information content (AvgIpc) is 3.02. The monoisotopic (exact) mass is 310 g/mol. The Kier molecular flexibility index (Phi) is 3.86. The lowest BCUT2D eigenvalue weighted by molar-refractivity contribution is 0.202. The summed E-state index contributed by atoms with van der Waals surface area (Å²) in [4.78, 5) is 11.4. The quantitative estimate of drug-likeness (QED) is 0.871. The second-order valence-corrected chi connectivity index (χ2v) is 6.75. The summed E-state index contributed by atoms with van der Waals surface area (Å²) in [6.45, 7) is 2.78. The zero-order valence-electron chi connectivity index (χ0n) is 13.4. The predicted octanol–water partition coefficient (Wildman–Crippen LogP) is 2.76. The number of nitrogens with zero attached hydrogens (tertiary/aromatic N) is 6. The van der Waals surface area contributed by atoms with Crippen molar-refractivity contribution in [1.29, 1.82) is 5.26 Å². The predicted molar refractivity (Wildman–Crippen MR) is 87.8 cm³/mol. The Labute approximate surface area is 136 Å². The molecule has 6 heteroatoms. The van der Waals surface area contributed by atoms with Gasteiger partial charge >= 0.3 is 0 Å². The summed E-state index contributed by atoms with van der Waals surface area (Å²) >= 11 is 0. The zero-order valence-corrected chi connectivity index (χ0v) is 13.4. The van der Waals surface area contributed by atoms with Gasteiger partial charge in [-0.25, -0.2) is 14.6 Å². The van der Waals surface area contributed by atoms with Crippen molar-refractivity contribution in [2.75, 3.05) is 18.0 Å². The molecule has 2 fully saturated rings. The summed E-state index contributed by atoms with van der Waals surface area (Å²) in [5, 5.41) is 14.2. The molecule has 2 atom stereocenters. The fourth-order valence-corrected chi connectivity index (χ4v) is 4.25. The van der Waals surface area contributed by atoms with E-state index in [1.165, 1.54) is 32.1 Å². The van der Waals surface area contributed by atoms with Gasteiger partial charge in [-0.1, -0.05) is 19.3 Å². The van der Waals surface area contributed by atoms with Crippen molar-refractivity contribution in [2.45, 2.75) is 45.1 Å². The Morgan fingerprint density at radius 2 is 2.04 bits per heavy atom. The molecule has 2 aromatic rings. The summed E-state index contributed by atoms with van der Waals surface area (Å²) in [6.07, 6.45) is 10.8. The molecule has 2 aliphatic rings. The van der Waals surface area contributed by atoms with Crippen LogP contribution in [0.4, 0.5) is 5.82 Å². The molecule has 0 spiro atoms. The molecular weight excluding hydrogens is 288 g/mol. The molecule has 4 rings (SSSR count). The maximum Gasteiger partial charge on any atom is 0.163 e. The van der Waals surface area contributed by atoms with Crippen molar-refractivity contribution in [3.05, 3.63) is 12.5 Å². The lowest BCUT2D eigenvalue weighted by atomic mass is 9.75. The van der Waals surface area contributed by atoms with E-state index in [-0.39, 0.29) is 0 Å². The molecule has 0 N–H and O–H groups in total. The van der Waals surface area contributed by atoms with E-state index in [0.29, 0.717) is 13.0 Å². The van der Waals surface area contributed by atoms with Crippen LogP contribution in [-0.4, -0.2) is 32.8 Å². The number of nitriles is 1. The Morgan fingerprint density at radius 1 is 1.17 bits per heavy atom. The lowest BCUT2D eigenvalue weighted by Gasteiger charge is -2.41. The number of anilines is 1. The minimum absolute atomic E-state index is 0.448. The number of fused-ring (bicyclic) bond motifs is 2. The summed E-state index contributed by atoms with van der Waals surface area (Å²) in [6, 6.07) is 2.17. The van der Waals surface area contributed by atoms with Gasteiger partial charge in [-0.05, 0) is 24.7 Å². The van der Waals surface area contributed by atoms with Crippen molar-refractivity contribution in [2.24, 2.45) is 11.8 Å². The van der Waals surface area contributed by atoms with Crippen LogP contribution in [0.5, 0.6) is 0 Å². The minimum atomic E-state index is 0.448. The normalized spacial score (nSPS) is 24.4. The molecule has 1 aliphatic carbocycles. The first-order chi connectivity index (χ1) is 11.4. The Bertz CT molecular complexity index is 730. The van der Waals surface area contributed by atoms with Gasteiger partial charge in [0.05, 0.1) is 30.6 Å². The van der Waals surface area contributed by atoms with E-state index in [9.17, 15) is 0 Å². The molecule has 120 valence electrons. The van der Waals surface area contributed by atoms with Crippen LogP contribution in [0.1, 0.15) is 38.5 Å². The van der Waals surface area contributed by atoms with E-state index >= 15 is 0 Å². The molecular formula is C17H22N6. The van der Waals surface area contributed by atoms with Gasteiger partial charge in [0.2, 0.25) is 0 Å². The van der Waals surface area contributed by atoms with E-state index in [4.69, 9.17) is 5.26 Å². The highest BCUT2D eigenvalue weighted by molar-refractivity contribution is 5.86. The highest BCUT2D eigenvalue weighted by Crippen LogP contribution is 2.38. The Morgan fingerprint density at radius 3 is 2.91 bits per heavy atom. The molecule has 23 heavy (non-hydrogen) atoms. The van der Waals surface area contributed by atoms with Crippen LogP contribution >= 0.6 is 0 Å². The maximum absolute atomic E-state index is 8.77. The van der Waals surface area contributed by atoms with Gasteiger partial charge in [0.25, 0.3) is 0 Å². The molecule has 0 aromatic carbocycles. The molecule has 1 saturated carbocycles. The van der Waals surface area contributed by atoms with Gasteiger partial charge in [-0.2, -0.15) is 10.4 Å². The topological polar surface area (TPSA) is 70.6 Å². The fourth-order valence-electron chi connectivity index (χ4n) is 4.25.